The van der Waals surface area contributed by atoms with Crippen molar-refractivity contribution in [2.45, 2.75) is 45.4 Å². The van der Waals surface area contributed by atoms with Gasteiger partial charge < -0.3 is 15.0 Å². The maximum absolute atomic E-state index is 13.6. The van der Waals surface area contributed by atoms with Gasteiger partial charge in [-0.2, -0.15) is 0 Å². The van der Waals surface area contributed by atoms with E-state index in [1.54, 1.807) is 4.90 Å². The van der Waals surface area contributed by atoms with Crippen LogP contribution in [0.4, 0.5) is 13.6 Å². The van der Waals surface area contributed by atoms with E-state index in [2.05, 4.69) is 5.32 Å². The van der Waals surface area contributed by atoms with Gasteiger partial charge >= 0.3 is 6.09 Å². The average Bonchev–Trinajstić information content (AvgIpc) is 2.84. The van der Waals surface area contributed by atoms with Crippen LogP contribution in [-0.4, -0.2) is 35.7 Å². The van der Waals surface area contributed by atoms with Gasteiger partial charge in [-0.15, -0.1) is 0 Å². The largest absolute Gasteiger partial charge is 0.444 e. The summed E-state index contributed by atoms with van der Waals surface area (Å²) in [5, 5.41) is 3.19. The Morgan fingerprint density at radius 2 is 2.14 bits per heavy atom. The molecule has 122 valence electrons. The molecule has 0 spiro atoms. The highest BCUT2D eigenvalue weighted by molar-refractivity contribution is 5.68. The first-order valence-corrected chi connectivity index (χ1v) is 7.40. The van der Waals surface area contributed by atoms with Gasteiger partial charge in [0.1, 0.15) is 17.2 Å². The number of nitrogens with one attached hydrogen (secondary N) is 1. The molecule has 0 aromatic heterocycles. The van der Waals surface area contributed by atoms with Gasteiger partial charge in [-0.25, -0.2) is 13.6 Å². The Kier molecular flexibility index (Phi) is 5.01. The molecule has 0 radical (unpaired) electrons. The molecule has 22 heavy (non-hydrogen) atoms. The van der Waals surface area contributed by atoms with Crippen LogP contribution in [0.15, 0.2) is 18.2 Å². The number of rotatable bonds is 3. The lowest BCUT2D eigenvalue weighted by atomic mass is 10.2. The SMILES string of the molecule is CC(C)(C)OC(=O)N1CC[C@H](NCc2ccc(F)cc2F)C1. The van der Waals surface area contributed by atoms with Crippen molar-refractivity contribution in [3.63, 3.8) is 0 Å². The van der Waals surface area contributed by atoms with Crippen molar-refractivity contribution in [2.75, 3.05) is 13.1 Å². The number of amides is 1. The van der Waals surface area contributed by atoms with Gasteiger partial charge in [0.05, 0.1) is 0 Å². The lowest BCUT2D eigenvalue weighted by molar-refractivity contribution is 0.0291. The minimum atomic E-state index is -0.585. The molecule has 0 aliphatic carbocycles. The molecular weight excluding hydrogens is 290 g/mol. The highest BCUT2D eigenvalue weighted by Gasteiger charge is 2.29. The maximum atomic E-state index is 13.6. The molecule has 0 unspecified atom stereocenters. The number of nitrogens with zero attached hydrogens (tertiary/aromatic N) is 1. The highest BCUT2D eigenvalue weighted by atomic mass is 19.1. The Morgan fingerprint density at radius 3 is 2.77 bits per heavy atom. The van der Waals surface area contributed by atoms with Gasteiger partial charge in [-0.1, -0.05) is 6.07 Å². The van der Waals surface area contributed by atoms with E-state index >= 15 is 0 Å². The summed E-state index contributed by atoms with van der Waals surface area (Å²) in [6.07, 6.45) is 0.451. The number of benzene rings is 1. The van der Waals surface area contributed by atoms with Gasteiger partial charge in [0.25, 0.3) is 0 Å². The molecular formula is C16H22F2N2O2. The van der Waals surface area contributed by atoms with E-state index in [0.717, 1.165) is 12.5 Å². The fourth-order valence-corrected chi connectivity index (χ4v) is 2.34. The summed E-state index contributed by atoms with van der Waals surface area (Å²) in [5.41, 5.74) is -0.100. The molecule has 1 aliphatic rings. The molecule has 6 heteroatoms. The van der Waals surface area contributed by atoms with E-state index < -0.39 is 17.2 Å². The zero-order valence-electron chi connectivity index (χ0n) is 13.2. The van der Waals surface area contributed by atoms with Crippen LogP contribution < -0.4 is 5.32 Å². The van der Waals surface area contributed by atoms with Crippen molar-refractivity contribution in [1.29, 1.82) is 0 Å². The molecule has 1 aromatic carbocycles. The van der Waals surface area contributed by atoms with Crippen molar-refractivity contribution in [3.8, 4) is 0 Å². The normalized spacial score (nSPS) is 18.6. The second-order valence-corrected chi connectivity index (χ2v) is 6.53. The lowest BCUT2D eigenvalue weighted by Gasteiger charge is -2.24. The first-order valence-electron chi connectivity index (χ1n) is 7.40. The van der Waals surface area contributed by atoms with Crippen molar-refractivity contribution >= 4 is 6.09 Å². The van der Waals surface area contributed by atoms with Gasteiger partial charge in [-0.3, -0.25) is 0 Å². The Hall–Kier alpha value is -1.69. The Balaban J connectivity index is 1.82. The zero-order valence-corrected chi connectivity index (χ0v) is 13.2. The third-order valence-electron chi connectivity index (χ3n) is 3.44. The predicted molar refractivity (Wildman–Crippen MR) is 79.4 cm³/mol. The van der Waals surface area contributed by atoms with E-state index in [4.69, 9.17) is 4.74 Å². The standard InChI is InChI=1S/C16H22F2N2O2/c1-16(2,3)22-15(21)20-7-6-13(10-20)19-9-11-4-5-12(17)8-14(11)18/h4-5,8,13,19H,6-7,9-10H2,1-3H3/t13-/m0/s1. The summed E-state index contributed by atoms with van der Waals surface area (Å²) in [4.78, 5) is 13.6. The molecule has 2 rings (SSSR count). The van der Waals surface area contributed by atoms with Crippen molar-refractivity contribution < 1.29 is 18.3 Å². The van der Waals surface area contributed by atoms with Crippen LogP contribution in [0.3, 0.4) is 0 Å². The molecule has 0 bridgehead atoms. The van der Waals surface area contributed by atoms with Gasteiger partial charge in [-0.05, 0) is 33.3 Å². The topological polar surface area (TPSA) is 41.6 Å². The molecule has 1 fully saturated rings. The fraction of sp³-hybridized carbons (Fsp3) is 0.562. The minimum absolute atomic E-state index is 0.0805. The summed E-state index contributed by atoms with van der Waals surface area (Å²) in [5.74, 6) is -1.15. The number of likely N-dealkylation sites (tertiary alicyclic amines) is 1. The molecule has 1 heterocycles. The number of hydrogen-bond donors (Lipinski definition) is 1. The quantitative estimate of drug-likeness (QED) is 0.932. The van der Waals surface area contributed by atoms with Crippen LogP contribution in [0.1, 0.15) is 32.8 Å². The summed E-state index contributed by atoms with van der Waals surface area (Å²) >= 11 is 0. The van der Waals surface area contributed by atoms with Crippen LogP contribution in [0.2, 0.25) is 0 Å². The van der Waals surface area contributed by atoms with Gasteiger partial charge in [0.2, 0.25) is 0 Å². The third kappa shape index (κ3) is 4.66. The highest BCUT2D eigenvalue weighted by Crippen LogP contribution is 2.16. The Bertz CT molecular complexity index is 543. The Labute approximate surface area is 129 Å². The maximum Gasteiger partial charge on any atom is 0.410 e. The average molecular weight is 312 g/mol. The molecule has 4 nitrogen and oxygen atoms in total. The van der Waals surface area contributed by atoms with E-state index in [1.165, 1.54) is 12.1 Å². The number of carbonyl (C=O) groups excluding carboxylic acids is 1. The zero-order chi connectivity index (χ0) is 16.3. The molecule has 0 saturated carbocycles. The van der Waals surface area contributed by atoms with Crippen molar-refractivity contribution in [1.82, 2.24) is 10.2 Å². The second kappa shape index (κ2) is 6.60. The van der Waals surface area contributed by atoms with Crippen LogP contribution in [-0.2, 0) is 11.3 Å². The van der Waals surface area contributed by atoms with E-state index in [-0.39, 0.29) is 12.1 Å². The molecule has 1 aromatic rings. The van der Waals surface area contributed by atoms with E-state index in [0.29, 0.717) is 25.2 Å². The number of carbonyl (C=O) groups is 1. The Morgan fingerprint density at radius 1 is 1.41 bits per heavy atom. The summed E-state index contributed by atoms with van der Waals surface area (Å²) in [6, 6.07) is 3.62. The lowest BCUT2D eigenvalue weighted by Crippen LogP contribution is -2.38. The molecule has 1 atom stereocenters. The predicted octanol–water partition coefficient (Wildman–Crippen LogP) is 3.06. The molecule has 1 saturated heterocycles. The summed E-state index contributed by atoms with van der Waals surface area (Å²) in [7, 11) is 0. The van der Waals surface area contributed by atoms with Crippen LogP contribution in [0.5, 0.6) is 0 Å². The van der Waals surface area contributed by atoms with Crippen LogP contribution in [0, 0.1) is 11.6 Å². The van der Waals surface area contributed by atoms with Crippen LogP contribution >= 0.6 is 0 Å². The van der Waals surface area contributed by atoms with Gasteiger partial charge in [0, 0.05) is 37.3 Å². The smallest absolute Gasteiger partial charge is 0.410 e. The van der Waals surface area contributed by atoms with Crippen molar-refractivity contribution in [2.24, 2.45) is 0 Å². The first kappa shape index (κ1) is 16.7. The second-order valence-electron chi connectivity index (χ2n) is 6.53. The molecule has 1 N–H and O–H groups in total. The summed E-state index contributed by atoms with van der Waals surface area (Å²) in [6.45, 7) is 6.92. The van der Waals surface area contributed by atoms with Crippen LogP contribution in [0.25, 0.3) is 0 Å². The minimum Gasteiger partial charge on any atom is -0.444 e. The molecule has 1 amide bonds. The van der Waals surface area contributed by atoms with Gasteiger partial charge in [0.15, 0.2) is 0 Å². The van der Waals surface area contributed by atoms with E-state index in [1.807, 2.05) is 20.8 Å². The third-order valence-corrected chi connectivity index (χ3v) is 3.44. The summed E-state index contributed by atoms with van der Waals surface area (Å²) < 4.78 is 31.7. The molecule has 1 aliphatic heterocycles. The number of ether oxygens (including phenoxy) is 1. The fourth-order valence-electron chi connectivity index (χ4n) is 2.34. The van der Waals surface area contributed by atoms with Crippen molar-refractivity contribution in [3.05, 3.63) is 35.4 Å². The monoisotopic (exact) mass is 312 g/mol. The number of hydrogen-bond acceptors (Lipinski definition) is 3. The first-order chi connectivity index (χ1) is 10.2. The van der Waals surface area contributed by atoms with E-state index in [9.17, 15) is 13.6 Å². The number of halogens is 2.